The van der Waals surface area contributed by atoms with Crippen LogP contribution in [0.4, 0.5) is 0 Å². The fraction of sp³-hybridized carbons (Fsp3) is 0.333. The normalized spacial score (nSPS) is 16.8. The third-order valence-electron chi connectivity index (χ3n) is 6.01. The summed E-state index contributed by atoms with van der Waals surface area (Å²) in [7, 11) is 1.71. The molecule has 1 fully saturated rings. The van der Waals surface area contributed by atoms with Crippen molar-refractivity contribution in [1.29, 1.82) is 0 Å². The number of nitrogens with zero attached hydrogens (tertiary/aromatic N) is 1. The number of hydrogen-bond donors (Lipinski definition) is 0. The standard InChI is InChI=1S/C27H31NO2/c1-29-26-16-14-22(15-17-26)18-20-28-19-8-13-25(28)21-30-27(23-9-4-2-5-10-23)24-11-6-3-7-12-24/h2-7,9-12,14-17,25,27H,8,13,18-21H2,1H3/t25-/m0/s1. The molecule has 1 heterocycles. The van der Waals surface area contributed by atoms with Gasteiger partial charge in [0.05, 0.1) is 13.7 Å². The van der Waals surface area contributed by atoms with E-state index < -0.39 is 0 Å². The van der Waals surface area contributed by atoms with Crippen molar-refractivity contribution >= 4 is 0 Å². The maximum absolute atomic E-state index is 6.55. The second-order valence-corrected chi connectivity index (χ2v) is 7.96. The lowest BCUT2D eigenvalue weighted by Gasteiger charge is -2.27. The molecule has 0 unspecified atom stereocenters. The largest absolute Gasteiger partial charge is 0.497 e. The van der Waals surface area contributed by atoms with Crippen molar-refractivity contribution in [2.45, 2.75) is 31.4 Å². The quantitative estimate of drug-likeness (QED) is 0.472. The Morgan fingerprint density at radius 1 is 0.867 bits per heavy atom. The van der Waals surface area contributed by atoms with Gasteiger partial charge in [0.25, 0.3) is 0 Å². The first-order valence-electron chi connectivity index (χ1n) is 10.9. The Balaban J connectivity index is 1.37. The van der Waals surface area contributed by atoms with Crippen LogP contribution in [0, 0.1) is 0 Å². The second kappa shape index (κ2) is 10.4. The smallest absolute Gasteiger partial charge is 0.118 e. The van der Waals surface area contributed by atoms with Gasteiger partial charge in [-0.05, 0) is 54.6 Å². The molecule has 3 aromatic carbocycles. The highest BCUT2D eigenvalue weighted by Crippen LogP contribution is 2.28. The molecule has 30 heavy (non-hydrogen) atoms. The monoisotopic (exact) mass is 401 g/mol. The van der Waals surface area contributed by atoms with Crippen LogP contribution in [0.15, 0.2) is 84.9 Å². The van der Waals surface area contributed by atoms with Crippen LogP contribution in [0.25, 0.3) is 0 Å². The van der Waals surface area contributed by atoms with E-state index in [0.717, 1.165) is 31.9 Å². The van der Waals surface area contributed by atoms with Gasteiger partial charge in [0.15, 0.2) is 0 Å². The zero-order chi connectivity index (χ0) is 20.6. The Morgan fingerprint density at radius 2 is 1.50 bits per heavy atom. The third kappa shape index (κ3) is 5.29. The van der Waals surface area contributed by atoms with Crippen LogP contribution in [0.1, 0.15) is 35.6 Å². The number of hydrogen-bond acceptors (Lipinski definition) is 3. The Morgan fingerprint density at radius 3 is 2.10 bits per heavy atom. The lowest BCUT2D eigenvalue weighted by atomic mass is 10.0. The Labute approximate surface area is 180 Å². The van der Waals surface area contributed by atoms with Crippen LogP contribution in [-0.4, -0.2) is 37.7 Å². The van der Waals surface area contributed by atoms with E-state index >= 15 is 0 Å². The predicted octanol–water partition coefficient (Wildman–Crippen LogP) is 5.51. The van der Waals surface area contributed by atoms with Crippen molar-refractivity contribution in [3.05, 3.63) is 102 Å². The molecule has 1 atom stereocenters. The highest BCUT2D eigenvalue weighted by atomic mass is 16.5. The molecule has 4 rings (SSSR count). The van der Waals surface area contributed by atoms with Crippen LogP contribution < -0.4 is 4.74 Å². The van der Waals surface area contributed by atoms with E-state index in [1.54, 1.807) is 7.11 Å². The zero-order valence-electron chi connectivity index (χ0n) is 17.7. The summed E-state index contributed by atoms with van der Waals surface area (Å²) in [4.78, 5) is 2.59. The van der Waals surface area contributed by atoms with E-state index in [0.29, 0.717) is 6.04 Å². The molecule has 0 radical (unpaired) electrons. The van der Waals surface area contributed by atoms with E-state index in [-0.39, 0.29) is 6.10 Å². The van der Waals surface area contributed by atoms with Gasteiger partial charge in [-0.1, -0.05) is 72.8 Å². The van der Waals surface area contributed by atoms with Gasteiger partial charge in [-0.25, -0.2) is 0 Å². The van der Waals surface area contributed by atoms with Crippen molar-refractivity contribution < 1.29 is 9.47 Å². The first-order valence-corrected chi connectivity index (χ1v) is 10.9. The summed E-state index contributed by atoms with van der Waals surface area (Å²) in [5, 5.41) is 0. The van der Waals surface area contributed by atoms with Gasteiger partial charge < -0.3 is 9.47 Å². The molecule has 3 aromatic rings. The van der Waals surface area contributed by atoms with E-state index in [1.165, 1.54) is 29.5 Å². The predicted molar refractivity (Wildman–Crippen MR) is 122 cm³/mol. The average Bonchev–Trinajstić information content (AvgIpc) is 3.27. The number of methoxy groups -OCH3 is 1. The van der Waals surface area contributed by atoms with E-state index in [2.05, 4.69) is 77.7 Å². The minimum atomic E-state index is -0.0172. The molecule has 3 heteroatoms. The van der Waals surface area contributed by atoms with Gasteiger partial charge >= 0.3 is 0 Å². The molecule has 0 aliphatic carbocycles. The molecule has 0 saturated carbocycles. The summed E-state index contributed by atoms with van der Waals surface area (Å²) in [5.74, 6) is 0.916. The maximum atomic E-state index is 6.55. The number of rotatable bonds is 9. The third-order valence-corrected chi connectivity index (χ3v) is 6.01. The lowest BCUT2D eigenvalue weighted by Crippen LogP contribution is -2.35. The average molecular weight is 402 g/mol. The molecule has 0 amide bonds. The van der Waals surface area contributed by atoms with Crippen molar-refractivity contribution in [1.82, 2.24) is 4.90 Å². The summed E-state index contributed by atoms with van der Waals surface area (Å²) >= 11 is 0. The molecular formula is C27H31NO2. The molecular weight excluding hydrogens is 370 g/mol. The topological polar surface area (TPSA) is 21.7 Å². The molecule has 0 N–H and O–H groups in total. The van der Waals surface area contributed by atoms with Gasteiger partial charge in [0.2, 0.25) is 0 Å². The van der Waals surface area contributed by atoms with Crippen LogP contribution >= 0.6 is 0 Å². The minimum absolute atomic E-state index is 0.0172. The van der Waals surface area contributed by atoms with E-state index in [9.17, 15) is 0 Å². The summed E-state index contributed by atoms with van der Waals surface area (Å²) in [5.41, 5.74) is 3.78. The van der Waals surface area contributed by atoms with Gasteiger partial charge in [-0.3, -0.25) is 4.90 Å². The Hall–Kier alpha value is -2.62. The molecule has 0 spiro atoms. The Kier molecular flexibility index (Phi) is 7.17. The summed E-state index contributed by atoms with van der Waals surface area (Å²) in [6.07, 6.45) is 3.49. The first-order chi connectivity index (χ1) is 14.8. The molecule has 3 nitrogen and oxygen atoms in total. The van der Waals surface area contributed by atoms with Gasteiger partial charge in [0, 0.05) is 12.6 Å². The Bertz CT molecular complexity index is 840. The lowest BCUT2D eigenvalue weighted by molar-refractivity contribution is 0.0381. The molecule has 1 aliphatic heterocycles. The molecule has 0 bridgehead atoms. The zero-order valence-corrected chi connectivity index (χ0v) is 17.7. The minimum Gasteiger partial charge on any atom is -0.497 e. The molecule has 1 saturated heterocycles. The van der Waals surface area contributed by atoms with Crippen molar-refractivity contribution in [3.8, 4) is 5.75 Å². The van der Waals surface area contributed by atoms with Crippen molar-refractivity contribution in [2.75, 3.05) is 26.8 Å². The second-order valence-electron chi connectivity index (χ2n) is 7.96. The van der Waals surface area contributed by atoms with E-state index in [4.69, 9.17) is 9.47 Å². The SMILES string of the molecule is COc1ccc(CCN2CCC[C@H]2COC(c2ccccc2)c2ccccc2)cc1. The molecule has 156 valence electrons. The number of likely N-dealkylation sites (tertiary alicyclic amines) is 1. The molecule has 0 aromatic heterocycles. The maximum Gasteiger partial charge on any atom is 0.118 e. The highest BCUT2D eigenvalue weighted by Gasteiger charge is 2.26. The van der Waals surface area contributed by atoms with E-state index in [1.807, 2.05) is 12.1 Å². The van der Waals surface area contributed by atoms with Gasteiger partial charge in [0.1, 0.15) is 11.9 Å². The fourth-order valence-electron chi connectivity index (χ4n) is 4.29. The number of ether oxygens (including phenoxy) is 2. The molecule has 1 aliphatic rings. The highest BCUT2D eigenvalue weighted by molar-refractivity contribution is 5.30. The van der Waals surface area contributed by atoms with Crippen LogP contribution in [0.2, 0.25) is 0 Å². The summed E-state index contributed by atoms with van der Waals surface area (Å²) < 4.78 is 11.8. The van der Waals surface area contributed by atoms with Crippen LogP contribution in [0.5, 0.6) is 5.75 Å². The van der Waals surface area contributed by atoms with Crippen molar-refractivity contribution in [2.24, 2.45) is 0 Å². The first kappa shape index (κ1) is 20.6. The van der Waals surface area contributed by atoms with Crippen LogP contribution in [-0.2, 0) is 11.2 Å². The van der Waals surface area contributed by atoms with Gasteiger partial charge in [-0.2, -0.15) is 0 Å². The van der Waals surface area contributed by atoms with Gasteiger partial charge in [-0.15, -0.1) is 0 Å². The number of benzene rings is 3. The van der Waals surface area contributed by atoms with Crippen LogP contribution in [0.3, 0.4) is 0 Å². The summed E-state index contributed by atoms with van der Waals surface area (Å²) in [6.45, 7) is 2.99. The van der Waals surface area contributed by atoms with Crippen molar-refractivity contribution in [3.63, 3.8) is 0 Å². The summed E-state index contributed by atoms with van der Waals surface area (Å²) in [6, 6.07) is 30.0. The fourth-order valence-corrected chi connectivity index (χ4v) is 4.29.